The van der Waals surface area contributed by atoms with E-state index in [0.717, 1.165) is 10.6 Å². The van der Waals surface area contributed by atoms with Gasteiger partial charge in [-0.15, -0.1) is 11.3 Å². The molecule has 0 bridgehead atoms. The Morgan fingerprint density at radius 3 is 2.50 bits per heavy atom. The lowest BCUT2D eigenvalue weighted by atomic mass is 9.91. The highest BCUT2D eigenvalue weighted by Gasteiger charge is 2.49. The molecule has 8 heteroatoms. The number of carbonyl (C=O) groups is 2. The number of nitrogens with one attached hydrogen (secondary N) is 1. The van der Waals surface area contributed by atoms with Crippen molar-refractivity contribution in [1.29, 1.82) is 0 Å². The van der Waals surface area contributed by atoms with Gasteiger partial charge in [-0.2, -0.15) is 0 Å². The van der Waals surface area contributed by atoms with Crippen LogP contribution in [-0.2, 0) is 16.9 Å². The second kappa shape index (κ2) is 7.79. The second-order valence-corrected chi connectivity index (χ2v) is 7.88. The SMILES string of the molecule is COc1ccc(C2(C)NC(=O)N(Cc3csc(-c4ccccc4)n3)C2=O)cc1OC. The van der Waals surface area contributed by atoms with Crippen LogP contribution >= 0.6 is 11.3 Å². The number of nitrogens with zero attached hydrogens (tertiary/aromatic N) is 2. The number of hydrogen-bond donors (Lipinski definition) is 1. The molecule has 2 aromatic carbocycles. The summed E-state index contributed by atoms with van der Waals surface area (Å²) in [4.78, 5) is 31.7. The molecule has 30 heavy (non-hydrogen) atoms. The zero-order valence-electron chi connectivity index (χ0n) is 16.8. The van der Waals surface area contributed by atoms with E-state index in [0.29, 0.717) is 22.8 Å². The van der Waals surface area contributed by atoms with Crippen molar-refractivity contribution in [2.24, 2.45) is 0 Å². The first-order valence-electron chi connectivity index (χ1n) is 9.32. The summed E-state index contributed by atoms with van der Waals surface area (Å²) >= 11 is 1.48. The predicted molar refractivity (Wildman–Crippen MR) is 114 cm³/mol. The van der Waals surface area contributed by atoms with Crippen LogP contribution in [0.3, 0.4) is 0 Å². The van der Waals surface area contributed by atoms with Crippen LogP contribution in [0, 0.1) is 0 Å². The Morgan fingerprint density at radius 1 is 1.07 bits per heavy atom. The molecule has 1 aliphatic rings. The van der Waals surface area contributed by atoms with E-state index in [9.17, 15) is 9.59 Å². The first kappa shape index (κ1) is 19.9. The minimum atomic E-state index is -1.20. The van der Waals surface area contributed by atoms with E-state index >= 15 is 0 Å². The molecule has 1 aromatic heterocycles. The molecule has 1 fully saturated rings. The highest BCUT2D eigenvalue weighted by molar-refractivity contribution is 7.13. The lowest BCUT2D eigenvalue weighted by molar-refractivity contribution is -0.131. The Balaban J connectivity index is 1.58. The maximum absolute atomic E-state index is 13.2. The Kier molecular flexibility index (Phi) is 5.17. The Hall–Kier alpha value is -3.39. The number of carbonyl (C=O) groups excluding carboxylic acids is 2. The fourth-order valence-corrected chi connectivity index (χ4v) is 4.26. The van der Waals surface area contributed by atoms with Gasteiger partial charge in [0.15, 0.2) is 11.5 Å². The number of benzene rings is 2. The molecular formula is C22H21N3O4S. The largest absolute Gasteiger partial charge is 0.493 e. The summed E-state index contributed by atoms with van der Waals surface area (Å²) in [7, 11) is 3.07. The first-order valence-corrected chi connectivity index (χ1v) is 10.2. The molecule has 0 saturated carbocycles. The number of imide groups is 1. The Morgan fingerprint density at radius 2 is 1.80 bits per heavy atom. The quantitative estimate of drug-likeness (QED) is 0.610. The fraction of sp³-hybridized carbons (Fsp3) is 0.227. The van der Waals surface area contributed by atoms with Crippen molar-refractivity contribution >= 4 is 23.3 Å². The lowest BCUT2D eigenvalue weighted by Gasteiger charge is -2.23. The van der Waals surface area contributed by atoms with Crippen molar-refractivity contribution in [3.63, 3.8) is 0 Å². The summed E-state index contributed by atoms with van der Waals surface area (Å²) in [6.07, 6.45) is 0. The molecule has 1 saturated heterocycles. The van der Waals surface area contributed by atoms with Gasteiger partial charge in [0.1, 0.15) is 10.5 Å². The highest BCUT2D eigenvalue weighted by Crippen LogP contribution is 2.36. The molecule has 1 N–H and O–H groups in total. The third-order valence-electron chi connectivity index (χ3n) is 5.13. The van der Waals surface area contributed by atoms with Crippen molar-refractivity contribution in [2.75, 3.05) is 14.2 Å². The molecule has 1 atom stereocenters. The smallest absolute Gasteiger partial charge is 0.325 e. The van der Waals surface area contributed by atoms with Gasteiger partial charge in [0.05, 0.1) is 26.5 Å². The molecular weight excluding hydrogens is 402 g/mol. The average Bonchev–Trinajstić information content (AvgIpc) is 3.33. The minimum Gasteiger partial charge on any atom is -0.493 e. The van der Waals surface area contributed by atoms with E-state index in [-0.39, 0.29) is 12.5 Å². The fourth-order valence-electron chi connectivity index (χ4n) is 3.44. The number of amides is 3. The van der Waals surface area contributed by atoms with Crippen LogP contribution in [0.5, 0.6) is 11.5 Å². The van der Waals surface area contributed by atoms with Crippen LogP contribution in [0.4, 0.5) is 4.79 Å². The summed E-state index contributed by atoms with van der Waals surface area (Å²) in [5.74, 6) is 0.701. The van der Waals surface area contributed by atoms with E-state index in [1.54, 1.807) is 32.2 Å². The zero-order valence-corrected chi connectivity index (χ0v) is 17.7. The van der Waals surface area contributed by atoms with Crippen LogP contribution in [0.2, 0.25) is 0 Å². The Bertz CT molecular complexity index is 1100. The van der Waals surface area contributed by atoms with Crippen LogP contribution in [0.15, 0.2) is 53.9 Å². The number of rotatable bonds is 6. The molecule has 0 radical (unpaired) electrons. The summed E-state index contributed by atoms with van der Waals surface area (Å²) in [6, 6.07) is 14.5. The summed E-state index contributed by atoms with van der Waals surface area (Å²) in [5.41, 5.74) is 1.08. The average molecular weight is 423 g/mol. The topological polar surface area (TPSA) is 80.8 Å². The standard InChI is InChI=1S/C22H21N3O4S/c1-22(15-9-10-17(28-2)18(11-15)29-3)20(26)25(21(27)24-22)12-16-13-30-19(23-16)14-7-5-4-6-8-14/h4-11,13H,12H2,1-3H3,(H,24,27). The molecule has 1 aliphatic heterocycles. The lowest BCUT2D eigenvalue weighted by Crippen LogP contribution is -2.40. The van der Waals surface area contributed by atoms with Crippen LogP contribution < -0.4 is 14.8 Å². The van der Waals surface area contributed by atoms with Crippen LogP contribution in [0.1, 0.15) is 18.2 Å². The van der Waals surface area contributed by atoms with Gasteiger partial charge in [-0.05, 0) is 24.6 Å². The molecule has 154 valence electrons. The van der Waals surface area contributed by atoms with E-state index in [2.05, 4.69) is 10.3 Å². The van der Waals surface area contributed by atoms with E-state index in [1.807, 2.05) is 35.7 Å². The van der Waals surface area contributed by atoms with Gasteiger partial charge in [-0.25, -0.2) is 9.78 Å². The molecule has 3 amide bonds. The molecule has 1 unspecified atom stereocenters. The second-order valence-electron chi connectivity index (χ2n) is 7.03. The predicted octanol–water partition coefficient (Wildman–Crippen LogP) is 3.79. The number of aromatic nitrogens is 1. The van der Waals surface area contributed by atoms with Gasteiger partial charge < -0.3 is 14.8 Å². The molecule has 4 rings (SSSR count). The van der Waals surface area contributed by atoms with E-state index in [1.165, 1.54) is 23.3 Å². The minimum absolute atomic E-state index is 0.108. The van der Waals surface area contributed by atoms with Crippen molar-refractivity contribution in [2.45, 2.75) is 19.0 Å². The van der Waals surface area contributed by atoms with Gasteiger partial charge in [-0.3, -0.25) is 9.69 Å². The third kappa shape index (κ3) is 3.39. The maximum Gasteiger partial charge on any atom is 0.325 e. The first-order chi connectivity index (χ1) is 14.5. The van der Waals surface area contributed by atoms with Gasteiger partial charge in [-0.1, -0.05) is 36.4 Å². The van der Waals surface area contributed by atoms with E-state index < -0.39 is 11.6 Å². The monoisotopic (exact) mass is 423 g/mol. The van der Waals surface area contributed by atoms with Crippen LogP contribution in [-0.4, -0.2) is 36.0 Å². The van der Waals surface area contributed by atoms with Gasteiger partial charge >= 0.3 is 6.03 Å². The van der Waals surface area contributed by atoms with E-state index in [4.69, 9.17) is 9.47 Å². The highest BCUT2D eigenvalue weighted by atomic mass is 32.1. The van der Waals surface area contributed by atoms with Crippen molar-refractivity contribution in [3.8, 4) is 22.1 Å². The number of methoxy groups -OCH3 is 2. The molecule has 7 nitrogen and oxygen atoms in total. The van der Waals surface area contributed by atoms with Crippen LogP contribution in [0.25, 0.3) is 10.6 Å². The van der Waals surface area contributed by atoms with Crippen molar-refractivity contribution in [1.82, 2.24) is 15.2 Å². The van der Waals surface area contributed by atoms with Crippen molar-refractivity contribution in [3.05, 3.63) is 65.2 Å². The maximum atomic E-state index is 13.2. The third-order valence-corrected chi connectivity index (χ3v) is 6.07. The molecule has 3 aromatic rings. The van der Waals surface area contributed by atoms with Gasteiger partial charge in [0.2, 0.25) is 0 Å². The Labute approximate surface area is 178 Å². The zero-order chi connectivity index (χ0) is 21.3. The van der Waals surface area contributed by atoms with Crippen molar-refractivity contribution < 1.29 is 19.1 Å². The number of ether oxygens (including phenoxy) is 2. The molecule has 0 spiro atoms. The van der Waals surface area contributed by atoms with Gasteiger partial charge in [0, 0.05) is 10.9 Å². The molecule has 2 heterocycles. The summed E-state index contributed by atoms with van der Waals surface area (Å²) < 4.78 is 10.6. The summed E-state index contributed by atoms with van der Waals surface area (Å²) in [6.45, 7) is 1.79. The molecule has 0 aliphatic carbocycles. The number of urea groups is 1. The summed E-state index contributed by atoms with van der Waals surface area (Å²) in [5, 5.41) is 5.53. The van der Waals surface area contributed by atoms with Gasteiger partial charge in [0.25, 0.3) is 5.91 Å². The number of hydrogen-bond acceptors (Lipinski definition) is 6. The number of thiazole rings is 1. The normalized spacial score (nSPS) is 18.4.